The molecule has 0 aliphatic carbocycles. The average Bonchev–Trinajstić information content (AvgIpc) is 1.69. The first-order valence-corrected chi connectivity index (χ1v) is 2.85. The summed E-state index contributed by atoms with van der Waals surface area (Å²) in [4.78, 5) is 0. The fraction of sp³-hybridized carbons (Fsp3) is 1.00. The van der Waals surface area contributed by atoms with Crippen molar-refractivity contribution in [3.05, 3.63) is 0 Å². The Balaban J connectivity index is 0.000000490. The van der Waals surface area contributed by atoms with Crippen LogP contribution >= 0.6 is 24.2 Å². The topological polar surface area (TPSA) is 15.3 Å². The normalized spacial score (nSPS) is 22.1. The summed E-state index contributed by atoms with van der Waals surface area (Å²) in [6, 6.07) is 0. The maximum atomic E-state index is 5.61. The van der Waals surface area contributed by atoms with E-state index in [-0.39, 0.29) is 12.4 Å². The second-order valence-corrected chi connectivity index (χ2v) is 2.14. The molecule has 1 rings (SSSR count). The van der Waals surface area contributed by atoms with E-state index in [1.807, 2.05) is 0 Å². The molecule has 0 aromatic carbocycles. The number of nitrogens with one attached hydrogen (secondary N) is 1. The smallest absolute Gasteiger partial charge is 0.0264 e. The van der Waals surface area contributed by atoms with Crippen LogP contribution in [0.3, 0.4) is 0 Å². The maximum Gasteiger partial charge on any atom is 0.0264 e. The second-order valence-electron chi connectivity index (χ2n) is 1.66. The van der Waals surface area contributed by atoms with Crippen molar-refractivity contribution in [3.63, 3.8) is 0 Å². The van der Waals surface area contributed by atoms with Gasteiger partial charge in [-0.05, 0) is 11.8 Å². The van der Waals surface area contributed by atoms with Crippen LogP contribution in [0.2, 0.25) is 0 Å². The molecule has 0 bridgehead atoms. The highest BCUT2D eigenvalue weighted by molar-refractivity contribution is 6.13. The molecule has 0 unspecified atom stereocenters. The van der Waals surface area contributed by atoms with Crippen molar-refractivity contribution >= 4 is 24.2 Å². The Morgan fingerprint density at radius 3 is 2.00 bits per heavy atom. The van der Waals surface area contributed by atoms with Gasteiger partial charge in [-0.1, -0.05) is 0 Å². The molecular formula is C4H10Cl2N2. The third kappa shape index (κ3) is 2.72. The highest BCUT2D eigenvalue weighted by Gasteiger charge is 2.03. The van der Waals surface area contributed by atoms with Crippen molar-refractivity contribution in [3.8, 4) is 0 Å². The minimum atomic E-state index is 0. The molecule has 0 amide bonds. The third-order valence-electron chi connectivity index (χ3n) is 1.06. The van der Waals surface area contributed by atoms with E-state index in [9.17, 15) is 0 Å². The molecule has 1 heterocycles. The molecule has 0 aromatic heterocycles. The van der Waals surface area contributed by atoms with Gasteiger partial charge in [-0.3, -0.25) is 0 Å². The Hall–Kier alpha value is 0.500. The number of piperazine rings is 1. The lowest BCUT2D eigenvalue weighted by Gasteiger charge is -2.19. The Morgan fingerprint density at radius 1 is 1.25 bits per heavy atom. The van der Waals surface area contributed by atoms with Crippen LogP contribution in [-0.4, -0.2) is 30.6 Å². The summed E-state index contributed by atoms with van der Waals surface area (Å²) in [7, 11) is 0. The van der Waals surface area contributed by atoms with Gasteiger partial charge in [0.25, 0.3) is 0 Å². The van der Waals surface area contributed by atoms with E-state index in [0.29, 0.717) is 0 Å². The van der Waals surface area contributed by atoms with Gasteiger partial charge in [0.15, 0.2) is 0 Å². The third-order valence-corrected chi connectivity index (χ3v) is 1.40. The summed E-state index contributed by atoms with van der Waals surface area (Å²) < 4.78 is 1.80. The summed E-state index contributed by atoms with van der Waals surface area (Å²) in [5.41, 5.74) is 0. The lowest BCUT2D eigenvalue weighted by atomic mass is 10.4. The van der Waals surface area contributed by atoms with E-state index in [1.165, 1.54) is 0 Å². The molecule has 0 saturated carbocycles. The van der Waals surface area contributed by atoms with Gasteiger partial charge in [0.1, 0.15) is 0 Å². The van der Waals surface area contributed by atoms with Crippen LogP contribution in [0.1, 0.15) is 0 Å². The average molecular weight is 157 g/mol. The van der Waals surface area contributed by atoms with Gasteiger partial charge in [-0.2, -0.15) is 0 Å². The molecule has 1 fully saturated rings. The van der Waals surface area contributed by atoms with Gasteiger partial charge >= 0.3 is 0 Å². The van der Waals surface area contributed by atoms with Crippen LogP contribution in [0, 0.1) is 0 Å². The van der Waals surface area contributed by atoms with Crippen molar-refractivity contribution < 1.29 is 0 Å². The molecule has 0 spiro atoms. The van der Waals surface area contributed by atoms with Crippen molar-refractivity contribution in [2.75, 3.05) is 26.2 Å². The predicted octanol–water partition coefficient (Wildman–Crippen LogP) is 0.467. The molecule has 8 heavy (non-hydrogen) atoms. The summed E-state index contributed by atoms with van der Waals surface area (Å²) in [6.07, 6.45) is 0. The molecule has 0 radical (unpaired) electrons. The minimum Gasteiger partial charge on any atom is -0.314 e. The SMILES string of the molecule is Cl.ClN1CCNCC1. The van der Waals surface area contributed by atoms with Gasteiger partial charge in [-0.25, -0.2) is 4.42 Å². The van der Waals surface area contributed by atoms with E-state index in [4.69, 9.17) is 11.8 Å². The van der Waals surface area contributed by atoms with Gasteiger partial charge in [0.2, 0.25) is 0 Å². The van der Waals surface area contributed by atoms with Crippen molar-refractivity contribution in [2.24, 2.45) is 0 Å². The van der Waals surface area contributed by atoms with Gasteiger partial charge in [0.05, 0.1) is 0 Å². The summed E-state index contributed by atoms with van der Waals surface area (Å²) >= 11 is 5.61. The van der Waals surface area contributed by atoms with Gasteiger partial charge in [-0.15, -0.1) is 12.4 Å². The first-order chi connectivity index (χ1) is 3.39. The number of halogens is 2. The molecular weight excluding hydrogens is 147 g/mol. The zero-order valence-corrected chi connectivity index (χ0v) is 6.13. The number of hydrogen-bond acceptors (Lipinski definition) is 2. The molecule has 2 nitrogen and oxygen atoms in total. The Bertz CT molecular complexity index is 54.0. The standard InChI is InChI=1S/C4H9ClN2.ClH/c5-7-3-1-6-2-4-7;/h6H,1-4H2;1H. The first-order valence-electron chi connectivity index (χ1n) is 2.51. The minimum absolute atomic E-state index is 0. The highest BCUT2D eigenvalue weighted by atomic mass is 35.5. The van der Waals surface area contributed by atoms with E-state index in [1.54, 1.807) is 4.42 Å². The van der Waals surface area contributed by atoms with Crippen LogP contribution in [0.25, 0.3) is 0 Å². The van der Waals surface area contributed by atoms with Gasteiger partial charge < -0.3 is 5.32 Å². The molecule has 1 N–H and O–H groups in total. The Kier molecular flexibility index (Phi) is 4.66. The second kappa shape index (κ2) is 4.39. The summed E-state index contributed by atoms with van der Waals surface area (Å²) in [5, 5.41) is 3.19. The monoisotopic (exact) mass is 156 g/mol. The van der Waals surface area contributed by atoms with E-state index in [2.05, 4.69) is 5.32 Å². The molecule has 0 aromatic rings. The number of rotatable bonds is 0. The molecule has 1 saturated heterocycles. The van der Waals surface area contributed by atoms with Crippen LogP contribution in [0.15, 0.2) is 0 Å². The predicted molar refractivity (Wildman–Crippen MR) is 37.5 cm³/mol. The number of hydrogen-bond donors (Lipinski definition) is 1. The van der Waals surface area contributed by atoms with Crippen molar-refractivity contribution in [2.45, 2.75) is 0 Å². The Morgan fingerprint density at radius 2 is 1.75 bits per heavy atom. The zero-order chi connectivity index (χ0) is 5.11. The van der Waals surface area contributed by atoms with Crippen molar-refractivity contribution in [1.82, 2.24) is 9.74 Å². The molecule has 1 aliphatic heterocycles. The lowest BCUT2D eigenvalue weighted by Crippen LogP contribution is -2.38. The van der Waals surface area contributed by atoms with E-state index in [0.717, 1.165) is 26.2 Å². The summed E-state index contributed by atoms with van der Waals surface area (Å²) in [5.74, 6) is 0. The van der Waals surface area contributed by atoms with Crippen LogP contribution < -0.4 is 5.32 Å². The summed E-state index contributed by atoms with van der Waals surface area (Å²) in [6.45, 7) is 4.01. The fourth-order valence-corrected chi connectivity index (χ4v) is 0.807. The van der Waals surface area contributed by atoms with Crippen LogP contribution in [0.4, 0.5) is 0 Å². The van der Waals surface area contributed by atoms with Crippen molar-refractivity contribution in [1.29, 1.82) is 0 Å². The molecule has 1 aliphatic rings. The molecule has 4 heteroatoms. The van der Waals surface area contributed by atoms with Crippen LogP contribution in [-0.2, 0) is 0 Å². The van der Waals surface area contributed by atoms with E-state index >= 15 is 0 Å². The largest absolute Gasteiger partial charge is 0.314 e. The number of nitrogens with zero attached hydrogens (tertiary/aromatic N) is 1. The fourth-order valence-electron chi connectivity index (χ4n) is 0.638. The lowest BCUT2D eigenvalue weighted by molar-refractivity contribution is 0.384. The Labute approximate surface area is 60.7 Å². The van der Waals surface area contributed by atoms with Gasteiger partial charge in [0, 0.05) is 26.2 Å². The molecule has 0 atom stereocenters. The highest BCUT2D eigenvalue weighted by Crippen LogP contribution is 1.93. The zero-order valence-electron chi connectivity index (χ0n) is 4.56. The van der Waals surface area contributed by atoms with Crippen LogP contribution in [0.5, 0.6) is 0 Å². The first kappa shape index (κ1) is 8.50. The quantitative estimate of drug-likeness (QED) is 0.514. The maximum absolute atomic E-state index is 5.61. The molecule has 50 valence electrons. The van der Waals surface area contributed by atoms with E-state index < -0.39 is 0 Å².